The molecule has 21 heavy (non-hydrogen) atoms. The maximum absolute atomic E-state index is 3.71. The molecule has 0 spiro atoms. The standard InChI is InChI=1S/C20H25N/c1-16-6-5-9-18(12-16)14-19(15-21-20-10-11-20)13-17-7-3-2-4-8-17/h2-9,12,19-21H,10-11,13-15H2,1H3. The Morgan fingerprint density at radius 3 is 2.38 bits per heavy atom. The van der Waals surface area contributed by atoms with Crippen LogP contribution in [0.5, 0.6) is 0 Å². The molecule has 1 nitrogen and oxygen atoms in total. The average molecular weight is 279 g/mol. The Morgan fingerprint density at radius 2 is 1.67 bits per heavy atom. The summed E-state index contributed by atoms with van der Waals surface area (Å²) in [4.78, 5) is 0. The van der Waals surface area contributed by atoms with E-state index < -0.39 is 0 Å². The molecule has 1 saturated carbocycles. The van der Waals surface area contributed by atoms with Crippen LogP contribution in [0, 0.1) is 12.8 Å². The highest BCUT2D eigenvalue weighted by Gasteiger charge is 2.22. The zero-order chi connectivity index (χ0) is 14.5. The monoisotopic (exact) mass is 279 g/mol. The minimum Gasteiger partial charge on any atom is -0.314 e. The first kappa shape index (κ1) is 14.3. The van der Waals surface area contributed by atoms with Crippen LogP contribution in [0.15, 0.2) is 54.6 Å². The fraction of sp³-hybridized carbons (Fsp3) is 0.400. The molecule has 0 radical (unpaired) electrons. The summed E-state index contributed by atoms with van der Waals surface area (Å²) in [6.45, 7) is 3.31. The quantitative estimate of drug-likeness (QED) is 0.803. The first-order valence-electron chi connectivity index (χ1n) is 8.12. The van der Waals surface area contributed by atoms with Crippen LogP contribution in [-0.4, -0.2) is 12.6 Å². The van der Waals surface area contributed by atoms with Gasteiger partial charge in [0.2, 0.25) is 0 Å². The van der Waals surface area contributed by atoms with E-state index in [4.69, 9.17) is 0 Å². The molecule has 1 aliphatic carbocycles. The van der Waals surface area contributed by atoms with Gasteiger partial charge >= 0.3 is 0 Å². The molecule has 1 heteroatoms. The molecule has 0 saturated heterocycles. The van der Waals surface area contributed by atoms with Crippen molar-refractivity contribution in [3.8, 4) is 0 Å². The first-order chi connectivity index (χ1) is 10.3. The predicted molar refractivity (Wildman–Crippen MR) is 89.5 cm³/mol. The lowest BCUT2D eigenvalue weighted by Gasteiger charge is -2.18. The number of rotatable bonds is 7. The third-order valence-corrected chi connectivity index (χ3v) is 4.25. The highest BCUT2D eigenvalue weighted by atomic mass is 14.9. The highest BCUT2D eigenvalue weighted by molar-refractivity contribution is 5.23. The molecule has 2 aromatic carbocycles. The zero-order valence-electron chi connectivity index (χ0n) is 12.9. The summed E-state index contributed by atoms with van der Waals surface area (Å²) >= 11 is 0. The predicted octanol–water partition coefficient (Wildman–Crippen LogP) is 4.15. The normalized spacial score (nSPS) is 15.9. The molecule has 3 rings (SSSR count). The molecule has 2 aromatic rings. The lowest BCUT2D eigenvalue weighted by atomic mass is 9.92. The van der Waals surface area contributed by atoms with Crippen molar-refractivity contribution in [2.75, 3.05) is 6.54 Å². The van der Waals surface area contributed by atoms with Crippen LogP contribution in [0.4, 0.5) is 0 Å². The van der Waals surface area contributed by atoms with Crippen molar-refractivity contribution in [2.45, 2.75) is 38.6 Å². The van der Waals surface area contributed by atoms with Gasteiger partial charge in [0.1, 0.15) is 0 Å². The van der Waals surface area contributed by atoms with E-state index >= 15 is 0 Å². The van der Waals surface area contributed by atoms with E-state index in [0.717, 1.165) is 25.4 Å². The van der Waals surface area contributed by atoms with Crippen LogP contribution in [0.3, 0.4) is 0 Å². The van der Waals surface area contributed by atoms with Gasteiger partial charge in [-0.1, -0.05) is 60.2 Å². The third-order valence-electron chi connectivity index (χ3n) is 4.25. The second-order valence-corrected chi connectivity index (χ2v) is 6.43. The van der Waals surface area contributed by atoms with Crippen molar-refractivity contribution in [2.24, 2.45) is 5.92 Å². The first-order valence-corrected chi connectivity index (χ1v) is 8.12. The van der Waals surface area contributed by atoms with Crippen LogP contribution in [0.2, 0.25) is 0 Å². The third kappa shape index (κ3) is 4.71. The van der Waals surface area contributed by atoms with Gasteiger partial charge in [-0.25, -0.2) is 0 Å². The van der Waals surface area contributed by atoms with E-state index in [9.17, 15) is 0 Å². The average Bonchev–Trinajstić information content (AvgIpc) is 3.30. The maximum Gasteiger partial charge on any atom is 0.00683 e. The van der Waals surface area contributed by atoms with Crippen molar-refractivity contribution in [3.63, 3.8) is 0 Å². The molecule has 0 amide bonds. The molecule has 1 unspecified atom stereocenters. The Bertz CT molecular complexity index is 557. The maximum atomic E-state index is 3.71. The summed E-state index contributed by atoms with van der Waals surface area (Å²) in [5.74, 6) is 0.676. The molecule has 0 aromatic heterocycles. The van der Waals surface area contributed by atoms with Gasteiger partial charge < -0.3 is 5.32 Å². The van der Waals surface area contributed by atoms with E-state index in [-0.39, 0.29) is 0 Å². The summed E-state index contributed by atoms with van der Waals surface area (Å²) in [5, 5.41) is 3.71. The lowest BCUT2D eigenvalue weighted by molar-refractivity contribution is 0.469. The summed E-state index contributed by atoms with van der Waals surface area (Å²) in [7, 11) is 0. The van der Waals surface area contributed by atoms with Gasteiger partial charge in [0.25, 0.3) is 0 Å². The van der Waals surface area contributed by atoms with E-state index in [0.29, 0.717) is 5.92 Å². The molecule has 1 fully saturated rings. The summed E-state index contributed by atoms with van der Waals surface area (Å²) in [5.41, 5.74) is 4.28. The number of aryl methyl sites for hydroxylation is 1. The fourth-order valence-electron chi connectivity index (χ4n) is 2.96. The van der Waals surface area contributed by atoms with Crippen LogP contribution >= 0.6 is 0 Å². The van der Waals surface area contributed by atoms with Crippen molar-refractivity contribution < 1.29 is 0 Å². The van der Waals surface area contributed by atoms with Gasteiger partial charge in [0.15, 0.2) is 0 Å². The van der Waals surface area contributed by atoms with Crippen LogP contribution < -0.4 is 5.32 Å². The van der Waals surface area contributed by atoms with Crippen LogP contribution in [-0.2, 0) is 12.8 Å². The van der Waals surface area contributed by atoms with Crippen molar-refractivity contribution in [3.05, 3.63) is 71.3 Å². The van der Waals surface area contributed by atoms with Crippen molar-refractivity contribution in [1.82, 2.24) is 5.32 Å². The minimum absolute atomic E-state index is 0.676. The Balaban J connectivity index is 1.65. The molecule has 1 atom stereocenters. The van der Waals surface area contributed by atoms with E-state index in [1.54, 1.807) is 0 Å². The van der Waals surface area contributed by atoms with E-state index in [1.165, 1.54) is 29.5 Å². The highest BCUT2D eigenvalue weighted by Crippen LogP contribution is 2.21. The number of hydrogen-bond donors (Lipinski definition) is 1. The lowest BCUT2D eigenvalue weighted by Crippen LogP contribution is -2.27. The molecule has 110 valence electrons. The second-order valence-electron chi connectivity index (χ2n) is 6.43. The number of hydrogen-bond acceptors (Lipinski definition) is 1. The molecule has 1 N–H and O–H groups in total. The minimum atomic E-state index is 0.676. The van der Waals surface area contributed by atoms with Crippen LogP contribution in [0.1, 0.15) is 29.5 Å². The van der Waals surface area contributed by atoms with Gasteiger partial charge in [-0.05, 0) is 56.2 Å². The zero-order valence-corrected chi connectivity index (χ0v) is 12.9. The summed E-state index contributed by atoms with van der Waals surface area (Å²) < 4.78 is 0. The Kier molecular flexibility index (Phi) is 4.72. The largest absolute Gasteiger partial charge is 0.314 e. The summed E-state index contributed by atoms with van der Waals surface area (Å²) in [6, 6.07) is 20.6. The molecule has 0 heterocycles. The SMILES string of the molecule is Cc1cccc(CC(CNC2CC2)Cc2ccccc2)c1. The number of benzene rings is 2. The smallest absolute Gasteiger partial charge is 0.00683 e. The van der Waals surface area contributed by atoms with Gasteiger partial charge in [-0.3, -0.25) is 0 Å². The number of nitrogens with one attached hydrogen (secondary N) is 1. The molecule has 1 aliphatic rings. The second kappa shape index (κ2) is 6.91. The van der Waals surface area contributed by atoms with Gasteiger partial charge in [0.05, 0.1) is 0 Å². The van der Waals surface area contributed by atoms with Crippen molar-refractivity contribution in [1.29, 1.82) is 0 Å². The Morgan fingerprint density at radius 1 is 0.952 bits per heavy atom. The molecule has 0 aliphatic heterocycles. The molecule has 0 bridgehead atoms. The van der Waals surface area contributed by atoms with Crippen molar-refractivity contribution >= 4 is 0 Å². The topological polar surface area (TPSA) is 12.0 Å². The van der Waals surface area contributed by atoms with E-state index in [1.807, 2.05) is 0 Å². The van der Waals surface area contributed by atoms with Gasteiger partial charge in [-0.15, -0.1) is 0 Å². The van der Waals surface area contributed by atoms with E-state index in [2.05, 4.69) is 66.8 Å². The van der Waals surface area contributed by atoms with Crippen LogP contribution in [0.25, 0.3) is 0 Å². The summed E-state index contributed by atoms with van der Waals surface area (Å²) in [6.07, 6.45) is 5.05. The van der Waals surface area contributed by atoms with Gasteiger partial charge in [-0.2, -0.15) is 0 Å². The Labute approximate surface area is 128 Å². The van der Waals surface area contributed by atoms with Gasteiger partial charge in [0, 0.05) is 6.04 Å². The Hall–Kier alpha value is -1.60. The molecular weight excluding hydrogens is 254 g/mol. The fourth-order valence-corrected chi connectivity index (χ4v) is 2.96. The molecular formula is C20H25N.